The molecular weight excluding hydrogens is 162 g/mol. The van der Waals surface area contributed by atoms with Crippen molar-refractivity contribution in [2.75, 3.05) is 18.0 Å². The Morgan fingerprint density at radius 3 is 3.23 bits per heavy atom. The van der Waals surface area contributed by atoms with E-state index in [1.807, 2.05) is 6.07 Å². The summed E-state index contributed by atoms with van der Waals surface area (Å²) in [6, 6.07) is 1.95. The molecule has 0 N–H and O–H groups in total. The van der Waals surface area contributed by atoms with Crippen LogP contribution in [-0.4, -0.2) is 23.1 Å². The molecule has 0 saturated carbocycles. The van der Waals surface area contributed by atoms with Crippen LogP contribution in [0.3, 0.4) is 0 Å². The fourth-order valence-electron chi connectivity index (χ4n) is 1.83. The molecule has 1 fully saturated rings. The Morgan fingerprint density at radius 2 is 2.54 bits per heavy atom. The normalized spacial score (nSPS) is 23.2. The summed E-state index contributed by atoms with van der Waals surface area (Å²) in [5.41, 5.74) is 0. The summed E-state index contributed by atoms with van der Waals surface area (Å²) >= 11 is 0. The van der Waals surface area contributed by atoms with E-state index in [4.69, 9.17) is 0 Å². The Balaban J connectivity index is 2.08. The smallest absolute Gasteiger partial charge is 0.199 e. The van der Waals surface area contributed by atoms with Crippen molar-refractivity contribution in [2.45, 2.75) is 19.8 Å². The van der Waals surface area contributed by atoms with Gasteiger partial charge in [-0.3, -0.25) is 0 Å². The molecule has 3 heteroatoms. The monoisotopic (exact) mass is 176 g/mol. The highest BCUT2D eigenvalue weighted by molar-refractivity contribution is 5.36. The average Bonchev–Trinajstić information content (AvgIpc) is 2.19. The zero-order valence-corrected chi connectivity index (χ0v) is 7.90. The molecule has 1 aliphatic heterocycles. The molecule has 2 heterocycles. The first-order valence-corrected chi connectivity index (χ1v) is 4.80. The lowest BCUT2D eigenvalue weighted by Crippen LogP contribution is -2.34. The lowest BCUT2D eigenvalue weighted by Gasteiger charge is -2.31. The maximum absolute atomic E-state index is 4.13. The van der Waals surface area contributed by atoms with Crippen molar-refractivity contribution in [1.29, 1.82) is 0 Å². The summed E-state index contributed by atoms with van der Waals surface area (Å²) in [5, 5.41) is 0. The zero-order valence-electron chi connectivity index (χ0n) is 7.90. The van der Waals surface area contributed by atoms with E-state index in [2.05, 4.69) is 28.1 Å². The van der Waals surface area contributed by atoms with E-state index in [0.29, 0.717) is 0 Å². The minimum Gasteiger partial charge on any atom is -0.356 e. The van der Waals surface area contributed by atoms with Gasteiger partial charge in [-0.2, -0.15) is 0 Å². The molecule has 0 bridgehead atoms. The fraction of sp³-hybridized carbons (Fsp3) is 0.600. The van der Waals surface area contributed by atoms with Crippen LogP contribution >= 0.6 is 0 Å². The highest BCUT2D eigenvalue weighted by atomic mass is 15.2. The van der Waals surface area contributed by atoms with Gasteiger partial charge in [0.1, 0.15) is 5.82 Å². The first-order chi connectivity index (χ1) is 6.36. The van der Waals surface area contributed by atoms with Crippen molar-refractivity contribution in [3.8, 4) is 0 Å². The number of hydrogen-bond acceptors (Lipinski definition) is 3. The number of hydrogen-bond donors (Lipinski definition) is 0. The van der Waals surface area contributed by atoms with E-state index in [1.54, 1.807) is 6.20 Å². The summed E-state index contributed by atoms with van der Waals surface area (Å²) in [7, 11) is 0. The Morgan fingerprint density at radius 1 is 1.62 bits per heavy atom. The maximum atomic E-state index is 4.13. The topological polar surface area (TPSA) is 29.0 Å². The molecule has 0 spiro atoms. The molecule has 1 atom stereocenters. The molecule has 1 saturated heterocycles. The molecule has 0 aliphatic carbocycles. The van der Waals surface area contributed by atoms with Gasteiger partial charge in [0.05, 0.1) is 0 Å². The van der Waals surface area contributed by atoms with Gasteiger partial charge < -0.3 is 4.90 Å². The van der Waals surface area contributed by atoms with Crippen molar-refractivity contribution in [3.05, 3.63) is 18.6 Å². The Bertz CT molecular complexity index is 260. The number of piperidine rings is 1. The van der Waals surface area contributed by atoms with Gasteiger partial charge >= 0.3 is 0 Å². The summed E-state index contributed by atoms with van der Waals surface area (Å²) in [5.74, 6) is 1.80. The van der Waals surface area contributed by atoms with E-state index >= 15 is 0 Å². The first kappa shape index (κ1) is 8.48. The third-order valence-corrected chi connectivity index (χ3v) is 2.50. The second-order valence-corrected chi connectivity index (χ2v) is 3.71. The minimum atomic E-state index is 0.781. The van der Waals surface area contributed by atoms with Gasteiger partial charge in [0.25, 0.3) is 0 Å². The highest BCUT2D eigenvalue weighted by Crippen LogP contribution is 2.19. The lowest BCUT2D eigenvalue weighted by molar-refractivity contribution is 0.444. The third-order valence-electron chi connectivity index (χ3n) is 2.50. The van der Waals surface area contributed by atoms with Gasteiger partial charge in [0.15, 0.2) is 6.33 Å². The Labute approximate surface area is 78.8 Å². The molecule has 1 aromatic rings. The molecule has 1 aromatic heterocycles. The summed E-state index contributed by atoms with van der Waals surface area (Å²) in [4.78, 5) is 10.2. The van der Waals surface area contributed by atoms with E-state index in [-0.39, 0.29) is 0 Å². The van der Waals surface area contributed by atoms with Crippen LogP contribution in [0.5, 0.6) is 0 Å². The quantitative estimate of drug-likeness (QED) is 0.649. The molecule has 1 aliphatic rings. The van der Waals surface area contributed by atoms with Crippen LogP contribution in [0.15, 0.2) is 12.3 Å². The minimum absolute atomic E-state index is 0.781. The first-order valence-electron chi connectivity index (χ1n) is 4.80. The highest BCUT2D eigenvalue weighted by Gasteiger charge is 2.16. The molecule has 3 nitrogen and oxygen atoms in total. The number of aromatic nitrogens is 2. The number of rotatable bonds is 1. The molecule has 1 unspecified atom stereocenters. The zero-order chi connectivity index (χ0) is 9.10. The van der Waals surface area contributed by atoms with Crippen LogP contribution in [-0.2, 0) is 0 Å². The van der Waals surface area contributed by atoms with Crippen LogP contribution in [0.1, 0.15) is 19.8 Å². The van der Waals surface area contributed by atoms with Crippen molar-refractivity contribution < 1.29 is 0 Å². The lowest BCUT2D eigenvalue weighted by atomic mass is 10.0. The van der Waals surface area contributed by atoms with E-state index < -0.39 is 0 Å². The molecule has 13 heavy (non-hydrogen) atoms. The fourth-order valence-corrected chi connectivity index (χ4v) is 1.83. The van der Waals surface area contributed by atoms with Gasteiger partial charge in [-0.1, -0.05) is 6.92 Å². The maximum Gasteiger partial charge on any atom is 0.199 e. The second-order valence-electron chi connectivity index (χ2n) is 3.71. The summed E-state index contributed by atoms with van der Waals surface area (Å²) in [6.45, 7) is 4.52. The molecular formula is C10H14N3. The van der Waals surface area contributed by atoms with Crippen LogP contribution in [0.25, 0.3) is 0 Å². The number of anilines is 1. The predicted octanol–water partition coefficient (Wildman–Crippen LogP) is 1.51. The Kier molecular flexibility index (Phi) is 2.43. The van der Waals surface area contributed by atoms with Crippen LogP contribution < -0.4 is 4.90 Å². The number of nitrogens with zero attached hydrogens (tertiary/aromatic N) is 3. The largest absolute Gasteiger partial charge is 0.356 e. The average molecular weight is 176 g/mol. The van der Waals surface area contributed by atoms with E-state index in [9.17, 15) is 0 Å². The van der Waals surface area contributed by atoms with Gasteiger partial charge in [-0.25, -0.2) is 9.97 Å². The summed E-state index contributed by atoms with van der Waals surface area (Å²) < 4.78 is 0. The Hall–Kier alpha value is -1.12. The van der Waals surface area contributed by atoms with E-state index in [0.717, 1.165) is 24.8 Å². The SMILES string of the molecule is CC1CCCN(c2ccn[c]n2)C1. The standard InChI is InChI=1S/C10H14N3/c1-9-3-2-6-13(7-9)10-4-5-11-8-12-10/h4-5,9H,2-3,6-7H2,1H3. The van der Waals surface area contributed by atoms with Crippen molar-refractivity contribution in [3.63, 3.8) is 0 Å². The van der Waals surface area contributed by atoms with Gasteiger partial charge in [-0.05, 0) is 24.8 Å². The van der Waals surface area contributed by atoms with Crippen LogP contribution in [0.2, 0.25) is 0 Å². The van der Waals surface area contributed by atoms with E-state index in [1.165, 1.54) is 12.8 Å². The molecule has 0 aromatic carbocycles. The third kappa shape index (κ3) is 1.97. The predicted molar refractivity (Wildman–Crippen MR) is 51.5 cm³/mol. The second kappa shape index (κ2) is 3.73. The van der Waals surface area contributed by atoms with Crippen molar-refractivity contribution in [2.24, 2.45) is 5.92 Å². The van der Waals surface area contributed by atoms with Crippen molar-refractivity contribution in [1.82, 2.24) is 9.97 Å². The molecule has 0 amide bonds. The van der Waals surface area contributed by atoms with Gasteiger partial charge in [0.2, 0.25) is 0 Å². The van der Waals surface area contributed by atoms with Crippen LogP contribution in [0, 0.1) is 12.2 Å². The molecule has 69 valence electrons. The summed E-state index contributed by atoms with van der Waals surface area (Å²) in [6.07, 6.45) is 6.99. The molecule has 2 rings (SSSR count). The van der Waals surface area contributed by atoms with Crippen molar-refractivity contribution >= 4 is 5.82 Å². The van der Waals surface area contributed by atoms with Gasteiger partial charge in [0, 0.05) is 19.3 Å². The van der Waals surface area contributed by atoms with Crippen LogP contribution in [0.4, 0.5) is 5.82 Å². The van der Waals surface area contributed by atoms with Gasteiger partial charge in [-0.15, -0.1) is 0 Å². The molecule has 1 radical (unpaired) electrons.